The number of hydrogen-bond donors (Lipinski definition) is 2. The minimum Gasteiger partial charge on any atom is -0.497 e. The maximum absolute atomic E-state index is 12.8. The van der Waals surface area contributed by atoms with Crippen molar-refractivity contribution in [1.29, 1.82) is 0 Å². The molecule has 0 radical (unpaired) electrons. The van der Waals surface area contributed by atoms with Crippen molar-refractivity contribution in [3.8, 4) is 17.1 Å². The second-order valence-electron chi connectivity index (χ2n) is 8.66. The highest BCUT2D eigenvalue weighted by atomic mass is 16.5. The third-order valence-corrected chi connectivity index (χ3v) is 5.85. The molecule has 0 aliphatic heterocycles. The molecule has 0 saturated heterocycles. The second kappa shape index (κ2) is 10.4. The average molecular weight is 464 g/mol. The molecule has 10 nitrogen and oxygen atoms in total. The topological polar surface area (TPSA) is 124 Å². The van der Waals surface area contributed by atoms with Gasteiger partial charge in [-0.05, 0) is 67.1 Å². The van der Waals surface area contributed by atoms with Gasteiger partial charge in [-0.3, -0.25) is 9.59 Å². The third kappa shape index (κ3) is 5.94. The molecule has 178 valence electrons. The van der Waals surface area contributed by atoms with E-state index in [-0.39, 0.29) is 17.9 Å². The Hall–Kier alpha value is -3.82. The van der Waals surface area contributed by atoms with Crippen molar-refractivity contribution >= 4 is 11.8 Å². The van der Waals surface area contributed by atoms with Gasteiger partial charge in [-0.2, -0.15) is 4.80 Å². The normalized spacial score (nSPS) is 17.4. The first-order valence-corrected chi connectivity index (χ1v) is 11.3. The maximum atomic E-state index is 12.8. The van der Waals surface area contributed by atoms with Crippen molar-refractivity contribution in [3.05, 3.63) is 53.3 Å². The van der Waals surface area contributed by atoms with Crippen LogP contribution in [0.1, 0.15) is 47.9 Å². The standard InChI is InChI=1S/C24H29N7O3/c1-15-9-19(12-22(26-15)24(33)25-13-17-5-4-6-21(11-17)34-3)23-28-30-31(29-23)14-18-7-8-20(10-18)27-16(2)32/h4-6,9,11-12,18,20H,7-8,10,13-14H2,1-3H3,(H,25,33)(H,27,32)/t18-,20+/m0/s1. The van der Waals surface area contributed by atoms with Crippen molar-refractivity contribution in [3.63, 3.8) is 0 Å². The summed E-state index contributed by atoms with van der Waals surface area (Å²) in [6.07, 6.45) is 2.87. The summed E-state index contributed by atoms with van der Waals surface area (Å²) < 4.78 is 5.23. The van der Waals surface area contributed by atoms with E-state index in [1.54, 1.807) is 24.9 Å². The summed E-state index contributed by atoms with van der Waals surface area (Å²) in [6.45, 7) is 4.37. The lowest BCUT2D eigenvalue weighted by atomic mass is 10.1. The number of tetrazole rings is 1. The number of benzene rings is 1. The van der Waals surface area contributed by atoms with Crippen molar-refractivity contribution in [2.45, 2.75) is 52.2 Å². The Morgan fingerprint density at radius 3 is 2.85 bits per heavy atom. The number of pyridine rings is 1. The zero-order valence-electron chi connectivity index (χ0n) is 19.6. The van der Waals surface area contributed by atoms with Gasteiger partial charge in [0.15, 0.2) is 0 Å². The van der Waals surface area contributed by atoms with E-state index >= 15 is 0 Å². The van der Waals surface area contributed by atoms with Crippen LogP contribution in [0.15, 0.2) is 36.4 Å². The molecule has 34 heavy (non-hydrogen) atoms. The molecule has 2 amide bonds. The first-order chi connectivity index (χ1) is 16.4. The summed E-state index contributed by atoms with van der Waals surface area (Å²) in [5.41, 5.74) is 2.60. The number of hydrogen-bond acceptors (Lipinski definition) is 7. The fourth-order valence-electron chi connectivity index (χ4n) is 4.30. The summed E-state index contributed by atoms with van der Waals surface area (Å²) in [6, 6.07) is 11.3. The van der Waals surface area contributed by atoms with Gasteiger partial charge in [0.25, 0.3) is 5.91 Å². The van der Waals surface area contributed by atoms with Crippen molar-refractivity contribution in [2.75, 3.05) is 7.11 Å². The molecule has 10 heteroatoms. The number of aromatic nitrogens is 5. The summed E-state index contributed by atoms with van der Waals surface area (Å²) in [7, 11) is 1.61. The van der Waals surface area contributed by atoms with Crippen LogP contribution in [0.3, 0.4) is 0 Å². The maximum Gasteiger partial charge on any atom is 0.270 e. The van der Waals surface area contributed by atoms with E-state index in [9.17, 15) is 9.59 Å². The van der Waals surface area contributed by atoms with Gasteiger partial charge < -0.3 is 15.4 Å². The molecule has 3 aromatic rings. The van der Waals surface area contributed by atoms with Crippen LogP contribution in [0.2, 0.25) is 0 Å². The predicted octanol–water partition coefficient (Wildman–Crippen LogP) is 2.29. The number of aryl methyl sites for hydroxylation is 1. The first-order valence-electron chi connectivity index (χ1n) is 11.3. The van der Waals surface area contributed by atoms with E-state index in [0.717, 1.165) is 30.6 Å². The Balaban J connectivity index is 1.40. The van der Waals surface area contributed by atoms with Gasteiger partial charge >= 0.3 is 0 Å². The predicted molar refractivity (Wildman–Crippen MR) is 125 cm³/mol. The quantitative estimate of drug-likeness (QED) is 0.525. The average Bonchev–Trinajstić information content (AvgIpc) is 3.46. The molecule has 2 N–H and O–H groups in total. The Kier molecular flexibility index (Phi) is 7.15. The molecule has 1 aliphatic rings. The lowest BCUT2D eigenvalue weighted by Gasteiger charge is -2.11. The lowest BCUT2D eigenvalue weighted by Crippen LogP contribution is -2.30. The Labute approximate surface area is 198 Å². The summed E-state index contributed by atoms with van der Waals surface area (Å²) in [5, 5.41) is 18.8. The van der Waals surface area contributed by atoms with Crippen LogP contribution in [0, 0.1) is 12.8 Å². The summed E-state index contributed by atoms with van der Waals surface area (Å²) in [5.74, 6) is 1.29. The minimum atomic E-state index is -0.282. The Bertz CT molecular complexity index is 1180. The second-order valence-corrected chi connectivity index (χ2v) is 8.66. The van der Waals surface area contributed by atoms with Crippen LogP contribution in [0.5, 0.6) is 5.75 Å². The SMILES string of the molecule is COc1cccc(CNC(=O)c2cc(-c3nnn(C[C@H]4CC[C@@H](NC(C)=O)C4)n3)cc(C)n2)c1. The Morgan fingerprint density at radius 2 is 2.06 bits per heavy atom. The van der Waals surface area contributed by atoms with Gasteiger partial charge in [0.05, 0.1) is 13.7 Å². The molecule has 0 spiro atoms. The molecule has 2 atom stereocenters. The number of carbonyl (C=O) groups is 2. The molecule has 1 fully saturated rings. The van der Waals surface area contributed by atoms with E-state index in [2.05, 4.69) is 31.0 Å². The fourth-order valence-corrected chi connectivity index (χ4v) is 4.30. The van der Waals surface area contributed by atoms with Gasteiger partial charge in [0, 0.05) is 30.8 Å². The van der Waals surface area contributed by atoms with Crippen LogP contribution >= 0.6 is 0 Å². The third-order valence-electron chi connectivity index (χ3n) is 5.85. The molecular weight excluding hydrogens is 434 g/mol. The van der Waals surface area contributed by atoms with E-state index < -0.39 is 0 Å². The van der Waals surface area contributed by atoms with Gasteiger partial charge in [-0.25, -0.2) is 4.98 Å². The molecular formula is C24H29N7O3. The van der Waals surface area contributed by atoms with Crippen molar-refractivity contribution in [2.24, 2.45) is 5.92 Å². The van der Waals surface area contributed by atoms with Crippen LogP contribution in [-0.2, 0) is 17.9 Å². The van der Waals surface area contributed by atoms with Crippen LogP contribution in [-0.4, -0.2) is 50.2 Å². The van der Waals surface area contributed by atoms with Gasteiger partial charge in [-0.1, -0.05) is 12.1 Å². The first kappa shape index (κ1) is 23.3. The highest BCUT2D eigenvalue weighted by Crippen LogP contribution is 2.27. The lowest BCUT2D eigenvalue weighted by molar-refractivity contribution is -0.119. The van der Waals surface area contributed by atoms with Crippen molar-refractivity contribution in [1.82, 2.24) is 35.8 Å². The smallest absolute Gasteiger partial charge is 0.270 e. The minimum absolute atomic E-state index is 0.00297. The molecule has 0 unspecified atom stereocenters. The number of ether oxygens (including phenoxy) is 1. The number of methoxy groups -OCH3 is 1. The zero-order chi connectivity index (χ0) is 24.1. The molecule has 2 aromatic heterocycles. The molecule has 0 bridgehead atoms. The molecule has 1 aromatic carbocycles. The monoisotopic (exact) mass is 463 g/mol. The highest BCUT2D eigenvalue weighted by molar-refractivity contribution is 5.93. The van der Waals surface area contributed by atoms with Gasteiger partial charge in [-0.15, -0.1) is 10.2 Å². The molecule has 1 saturated carbocycles. The molecule has 4 rings (SSSR count). The zero-order valence-corrected chi connectivity index (χ0v) is 19.6. The number of amides is 2. The van der Waals surface area contributed by atoms with E-state index in [4.69, 9.17) is 4.74 Å². The molecule has 1 aliphatic carbocycles. The number of nitrogens with zero attached hydrogens (tertiary/aromatic N) is 5. The van der Waals surface area contributed by atoms with E-state index in [1.165, 1.54) is 0 Å². The molecule has 2 heterocycles. The number of nitrogens with one attached hydrogen (secondary N) is 2. The van der Waals surface area contributed by atoms with Crippen LogP contribution < -0.4 is 15.4 Å². The van der Waals surface area contributed by atoms with E-state index in [0.29, 0.717) is 41.8 Å². The fraction of sp³-hybridized carbons (Fsp3) is 0.417. The summed E-state index contributed by atoms with van der Waals surface area (Å²) >= 11 is 0. The highest BCUT2D eigenvalue weighted by Gasteiger charge is 2.26. The van der Waals surface area contributed by atoms with Gasteiger partial charge in [0.2, 0.25) is 11.7 Å². The van der Waals surface area contributed by atoms with Crippen molar-refractivity contribution < 1.29 is 14.3 Å². The number of rotatable bonds is 8. The summed E-state index contributed by atoms with van der Waals surface area (Å²) in [4.78, 5) is 30.0. The van der Waals surface area contributed by atoms with Gasteiger partial charge in [0.1, 0.15) is 11.4 Å². The van der Waals surface area contributed by atoms with Crippen LogP contribution in [0.4, 0.5) is 0 Å². The Morgan fingerprint density at radius 1 is 1.21 bits per heavy atom. The number of carbonyl (C=O) groups excluding carboxylic acids is 2. The van der Waals surface area contributed by atoms with Crippen LogP contribution in [0.25, 0.3) is 11.4 Å². The largest absolute Gasteiger partial charge is 0.497 e. The van der Waals surface area contributed by atoms with E-state index in [1.807, 2.05) is 37.3 Å².